The SMILES string of the molecule is CC1(C)c2ccccc2C2(c3ccccc3-c3ccccc32)c2ccc(-c3cc(-c4cccc5ccccc45)nc(-c4ccccc4)n3)cc21. The molecule has 0 unspecified atom stereocenters. The van der Waals surface area contributed by atoms with Gasteiger partial charge in [0, 0.05) is 22.1 Å². The van der Waals surface area contributed by atoms with Gasteiger partial charge in [0.25, 0.3) is 0 Å². The topological polar surface area (TPSA) is 25.8 Å². The number of benzene rings is 7. The van der Waals surface area contributed by atoms with Gasteiger partial charge in [0.05, 0.1) is 16.8 Å². The van der Waals surface area contributed by atoms with Crippen LogP contribution in [0.25, 0.3) is 55.8 Å². The molecule has 7 aromatic carbocycles. The van der Waals surface area contributed by atoms with Crippen LogP contribution in [0.5, 0.6) is 0 Å². The van der Waals surface area contributed by atoms with Gasteiger partial charge in [-0.25, -0.2) is 9.97 Å². The summed E-state index contributed by atoms with van der Waals surface area (Å²) in [5, 5.41) is 2.38. The van der Waals surface area contributed by atoms with Gasteiger partial charge in [-0.15, -0.1) is 0 Å². The zero-order valence-corrected chi connectivity index (χ0v) is 28.1. The fraction of sp³-hybridized carbons (Fsp3) is 0.0833. The highest BCUT2D eigenvalue weighted by Gasteiger charge is 2.53. The lowest BCUT2D eigenvalue weighted by Gasteiger charge is -2.46. The highest BCUT2D eigenvalue weighted by molar-refractivity contribution is 5.96. The minimum atomic E-state index is -0.415. The minimum absolute atomic E-state index is 0.243. The van der Waals surface area contributed by atoms with Gasteiger partial charge >= 0.3 is 0 Å². The van der Waals surface area contributed by atoms with Crippen molar-refractivity contribution in [2.45, 2.75) is 24.7 Å². The molecule has 2 aliphatic carbocycles. The smallest absolute Gasteiger partial charge is 0.160 e. The lowest BCUT2D eigenvalue weighted by molar-refractivity contribution is 0.563. The van der Waals surface area contributed by atoms with Crippen molar-refractivity contribution in [2.75, 3.05) is 0 Å². The average Bonchev–Trinajstić information content (AvgIpc) is 3.48. The molecule has 0 fully saturated rings. The molecule has 0 bridgehead atoms. The van der Waals surface area contributed by atoms with Crippen LogP contribution in [0.3, 0.4) is 0 Å². The molecule has 10 rings (SSSR count). The molecular formula is C48H34N2. The van der Waals surface area contributed by atoms with E-state index in [-0.39, 0.29) is 5.41 Å². The summed E-state index contributed by atoms with van der Waals surface area (Å²) in [6.07, 6.45) is 0. The number of hydrogen-bond donors (Lipinski definition) is 0. The first-order valence-corrected chi connectivity index (χ1v) is 17.4. The maximum atomic E-state index is 5.27. The third-order valence-electron chi connectivity index (χ3n) is 11.2. The fourth-order valence-corrected chi connectivity index (χ4v) is 8.91. The number of hydrogen-bond acceptors (Lipinski definition) is 2. The summed E-state index contributed by atoms with van der Waals surface area (Å²) >= 11 is 0. The van der Waals surface area contributed by atoms with Crippen molar-refractivity contribution in [1.82, 2.24) is 9.97 Å². The predicted octanol–water partition coefficient (Wildman–Crippen LogP) is 11.6. The highest BCUT2D eigenvalue weighted by atomic mass is 14.9. The van der Waals surface area contributed by atoms with Crippen molar-refractivity contribution < 1.29 is 0 Å². The van der Waals surface area contributed by atoms with Gasteiger partial charge in [-0.1, -0.05) is 172 Å². The predicted molar refractivity (Wildman–Crippen MR) is 205 cm³/mol. The molecule has 1 aromatic heterocycles. The van der Waals surface area contributed by atoms with E-state index in [9.17, 15) is 0 Å². The van der Waals surface area contributed by atoms with E-state index in [0.29, 0.717) is 0 Å². The first-order valence-electron chi connectivity index (χ1n) is 17.4. The second-order valence-corrected chi connectivity index (χ2v) is 14.1. The van der Waals surface area contributed by atoms with Crippen LogP contribution >= 0.6 is 0 Å². The number of nitrogens with zero attached hydrogens (tertiary/aromatic N) is 2. The third-order valence-corrected chi connectivity index (χ3v) is 11.2. The summed E-state index contributed by atoms with van der Waals surface area (Å²) in [4.78, 5) is 10.5. The lowest BCUT2D eigenvalue weighted by atomic mass is 9.55. The molecule has 2 heteroatoms. The molecule has 0 N–H and O–H groups in total. The van der Waals surface area contributed by atoms with Crippen LogP contribution in [0.15, 0.2) is 170 Å². The maximum Gasteiger partial charge on any atom is 0.160 e. The van der Waals surface area contributed by atoms with Crippen LogP contribution in [-0.4, -0.2) is 9.97 Å². The average molecular weight is 639 g/mol. The Kier molecular flexibility index (Phi) is 6.17. The van der Waals surface area contributed by atoms with Crippen molar-refractivity contribution in [1.29, 1.82) is 0 Å². The summed E-state index contributed by atoms with van der Waals surface area (Å²) in [5.41, 5.74) is 15.1. The summed E-state index contributed by atoms with van der Waals surface area (Å²) in [5.74, 6) is 0.725. The van der Waals surface area contributed by atoms with Crippen LogP contribution in [-0.2, 0) is 10.8 Å². The number of aromatic nitrogens is 2. The Bertz CT molecular complexity index is 2580. The quantitative estimate of drug-likeness (QED) is 0.192. The second-order valence-electron chi connectivity index (χ2n) is 14.1. The van der Waals surface area contributed by atoms with Crippen LogP contribution in [0.2, 0.25) is 0 Å². The molecule has 2 aliphatic rings. The zero-order valence-electron chi connectivity index (χ0n) is 28.1. The van der Waals surface area contributed by atoms with Gasteiger partial charge in [0.15, 0.2) is 5.82 Å². The molecule has 0 saturated heterocycles. The van der Waals surface area contributed by atoms with E-state index in [1.165, 1.54) is 55.3 Å². The summed E-state index contributed by atoms with van der Waals surface area (Å²) in [6, 6.07) is 61.7. The molecule has 0 amide bonds. The fourth-order valence-electron chi connectivity index (χ4n) is 8.91. The molecule has 1 heterocycles. The third kappa shape index (κ3) is 3.96. The second kappa shape index (κ2) is 10.7. The van der Waals surface area contributed by atoms with Gasteiger partial charge in [-0.05, 0) is 67.4 Å². The van der Waals surface area contributed by atoms with Crippen molar-refractivity contribution in [3.05, 3.63) is 203 Å². The van der Waals surface area contributed by atoms with Crippen LogP contribution in [0.4, 0.5) is 0 Å². The van der Waals surface area contributed by atoms with E-state index in [1.54, 1.807) is 0 Å². The Balaban J connectivity index is 1.25. The molecule has 0 radical (unpaired) electrons. The van der Waals surface area contributed by atoms with E-state index in [2.05, 4.69) is 178 Å². The molecule has 0 atom stereocenters. The van der Waals surface area contributed by atoms with Gasteiger partial charge in [0.2, 0.25) is 0 Å². The van der Waals surface area contributed by atoms with Gasteiger partial charge in [-0.2, -0.15) is 0 Å². The minimum Gasteiger partial charge on any atom is -0.228 e. The van der Waals surface area contributed by atoms with Gasteiger partial charge in [0.1, 0.15) is 0 Å². The van der Waals surface area contributed by atoms with E-state index >= 15 is 0 Å². The first-order chi connectivity index (χ1) is 24.5. The van der Waals surface area contributed by atoms with Gasteiger partial charge in [-0.3, -0.25) is 0 Å². The molecule has 236 valence electrons. The molecule has 8 aromatic rings. The first kappa shape index (κ1) is 28.9. The highest BCUT2D eigenvalue weighted by Crippen LogP contribution is 2.62. The maximum absolute atomic E-state index is 5.27. The van der Waals surface area contributed by atoms with E-state index < -0.39 is 5.41 Å². The number of fused-ring (bicyclic) bond motifs is 10. The van der Waals surface area contributed by atoms with Crippen molar-refractivity contribution in [2.24, 2.45) is 0 Å². The van der Waals surface area contributed by atoms with E-state index in [1.807, 2.05) is 6.07 Å². The Morgan fingerprint density at radius 1 is 0.380 bits per heavy atom. The van der Waals surface area contributed by atoms with Crippen molar-refractivity contribution >= 4 is 10.8 Å². The largest absolute Gasteiger partial charge is 0.228 e. The van der Waals surface area contributed by atoms with Crippen LogP contribution in [0.1, 0.15) is 47.2 Å². The van der Waals surface area contributed by atoms with Crippen LogP contribution < -0.4 is 0 Å². The Hall–Kier alpha value is -6.12. The Labute approximate surface area is 292 Å². The molecule has 50 heavy (non-hydrogen) atoms. The lowest BCUT2D eigenvalue weighted by Crippen LogP contribution is -2.40. The molecular weight excluding hydrogens is 605 g/mol. The Morgan fingerprint density at radius 2 is 0.940 bits per heavy atom. The number of rotatable bonds is 3. The molecule has 2 nitrogen and oxygen atoms in total. The van der Waals surface area contributed by atoms with E-state index in [0.717, 1.165) is 33.9 Å². The van der Waals surface area contributed by atoms with Crippen LogP contribution in [0, 0.1) is 0 Å². The van der Waals surface area contributed by atoms with Crippen molar-refractivity contribution in [3.63, 3.8) is 0 Å². The summed E-state index contributed by atoms with van der Waals surface area (Å²) in [7, 11) is 0. The van der Waals surface area contributed by atoms with E-state index in [4.69, 9.17) is 9.97 Å². The normalized spacial score (nSPS) is 14.5. The summed E-state index contributed by atoms with van der Waals surface area (Å²) < 4.78 is 0. The molecule has 0 aliphatic heterocycles. The standard InChI is InChI=1S/C48H34N2/c1-47(2)40-25-12-13-26-41(40)48(38-23-10-8-20-35(38)36-21-9-11-24-39(36)48)42-28-27-33(29-43(42)47)44-30-45(50-46(49-44)32-16-4-3-5-17-32)37-22-14-18-31-15-6-7-19-34(31)37/h3-30H,1-2H3. The monoisotopic (exact) mass is 638 g/mol. The summed E-state index contributed by atoms with van der Waals surface area (Å²) in [6.45, 7) is 4.76. The Morgan fingerprint density at radius 3 is 1.70 bits per heavy atom. The molecule has 1 spiro atoms. The molecule has 0 saturated carbocycles. The van der Waals surface area contributed by atoms with Gasteiger partial charge < -0.3 is 0 Å². The van der Waals surface area contributed by atoms with Crippen molar-refractivity contribution in [3.8, 4) is 45.0 Å². The zero-order chi connectivity index (χ0) is 33.5.